The van der Waals surface area contributed by atoms with Crippen LogP contribution in [0.4, 0.5) is 8.78 Å². The lowest BCUT2D eigenvalue weighted by atomic mass is 10.1. The molecule has 0 bridgehead atoms. The topological polar surface area (TPSA) is 78.4 Å². The van der Waals surface area contributed by atoms with Crippen molar-refractivity contribution < 1.29 is 27.8 Å². The number of benzene rings is 2. The third-order valence-corrected chi connectivity index (χ3v) is 5.34. The molecule has 4 aromatic rings. The van der Waals surface area contributed by atoms with Crippen LogP contribution < -0.4 is 0 Å². The third-order valence-electron chi connectivity index (χ3n) is 4.76. The van der Waals surface area contributed by atoms with Crippen LogP contribution in [0, 0.1) is 11.6 Å². The fourth-order valence-corrected chi connectivity index (χ4v) is 3.47. The van der Waals surface area contributed by atoms with E-state index in [0.29, 0.717) is 11.1 Å². The first-order valence-electron chi connectivity index (χ1n) is 10.3. The number of pyridine rings is 2. The summed E-state index contributed by atoms with van der Waals surface area (Å²) in [4.78, 5) is 30.4. The highest BCUT2D eigenvalue weighted by molar-refractivity contribution is 6.33. The Kier molecular flexibility index (Phi) is 9.05. The molecule has 0 unspecified atom stereocenters. The summed E-state index contributed by atoms with van der Waals surface area (Å²) in [7, 11) is 2.39. The number of halogens is 4. The lowest BCUT2D eigenvalue weighted by Gasteiger charge is -2.06. The zero-order chi connectivity index (χ0) is 26.2. The zero-order valence-electron chi connectivity index (χ0n) is 19.0. The number of nitrogens with zero attached hydrogens (tertiary/aromatic N) is 2. The Labute approximate surface area is 215 Å². The van der Waals surface area contributed by atoms with Gasteiger partial charge in [-0.2, -0.15) is 0 Å². The molecule has 0 spiro atoms. The lowest BCUT2D eigenvalue weighted by molar-refractivity contribution is 0.0591. The number of carbonyl (C=O) groups excluding carboxylic acids is 2. The molecule has 0 N–H and O–H groups in total. The summed E-state index contributed by atoms with van der Waals surface area (Å²) < 4.78 is 36.7. The predicted octanol–water partition coefficient (Wildman–Crippen LogP) is 6.66. The van der Waals surface area contributed by atoms with Crippen molar-refractivity contribution in [1.82, 2.24) is 9.97 Å². The number of ether oxygens (including phenoxy) is 2. The highest BCUT2D eigenvalue weighted by Crippen LogP contribution is 2.26. The SMILES string of the molecule is COC(=O)c1cc(F)c(-c2ccccc2)nc1Cl.COC(=O)c1cc(F)c(-c2ccccc2)nc1Cl. The number of esters is 2. The van der Waals surface area contributed by atoms with Gasteiger partial charge in [0.2, 0.25) is 0 Å². The Morgan fingerprint density at radius 3 is 1.31 bits per heavy atom. The minimum atomic E-state index is -0.717. The van der Waals surface area contributed by atoms with Crippen LogP contribution in [0.15, 0.2) is 72.8 Å². The average Bonchev–Trinajstić information content (AvgIpc) is 2.91. The van der Waals surface area contributed by atoms with E-state index in [1.807, 2.05) is 12.1 Å². The van der Waals surface area contributed by atoms with Crippen molar-refractivity contribution >= 4 is 35.1 Å². The number of rotatable bonds is 4. The summed E-state index contributed by atoms with van der Waals surface area (Å²) in [6.45, 7) is 0. The normalized spacial score (nSPS) is 10.2. The number of aromatic nitrogens is 2. The van der Waals surface area contributed by atoms with Gasteiger partial charge >= 0.3 is 11.9 Å². The van der Waals surface area contributed by atoms with Gasteiger partial charge in [-0.25, -0.2) is 28.3 Å². The highest BCUT2D eigenvalue weighted by Gasteiger charge is 2.18. The van der Waals surface area contributed by atoms with Gasteiger partial charge in [0.05, 0.1) is 25.3 Å². The first-order chi connectivity index (χ1) is 17.3. The number of methoxy groups -OCH3 is 2. The Balaban J connectivity index is 0.000000201. The van der Waals surface area contributed by atoms with Crippen LogP contribution in [0.25, 0.3) is 22.5 Å². The molecule has 6 nitrogen and oxygen atoms in total. The molecule has 0 aliphatic rings. The first-order valence-corrected chi connectivity index (χ1v) is 11.0. The van der Waals surface area contributed by atoms with E-state index in [1.54, 1.807) is 48.5 Å². The van der Waals surface area contributed by atoms with Crippen molar-refractivity contribution in [3.8, 4) is 22.5 Å². The van der Waals surface area contributed by atoms with E-state index in [0.717, 1.165) is 12.1 Å². The molecule has 0 fully saturated rings. The monoisotopic (exact) mass is 530 g/mol. The predicted molar refractivity (Wildman–Crippen MR) is 132 cm³/mol. The van der Waals surface area contributed by atoms with Gasteiger partial charge in [0.25, 0.3) is 0 Å². The van der Waals surface area contributed by atoms with Crippen LogP contribution >= 0.6 is 23.2 Å². The molecule has 2 aromatic heterocycles. The molecule has 0 aliphatic heterocycles. The summed E-state index contributed by atoms with van der Waals surface area (Å²) >= 11 is 11.7. The summed E-state index contributed by atoms with van der Waals surface area (Å²) in [6.07, 6.45) is 0. The summed E-state index contributed by atoms with van der Waals surface area (Å²) in [5.74, 6) is -2.67. The fraction of sp³-hybridized carbons (Fsp3) is 0.0769. The molecular weight excluding hydrogens is 513 g/mol. The second-order valence-electron chi connectivity index (χ2n) is 7.03. The Morgan fingerprint density at radius 1 is 0.667 bits per heavy atom. The maximum atomic E-state index is 13.9. The van der Waals surface area contributed by atoms with Gasteiger partial charge in [0.15, 0.2) is 0 Å². The molecule has 2 aromatic carbocycles. The molecule has 0 amide bonds. The largest absolute Gasteiger partial charge is 0.465 e. The molecule has 0 saturated heterocycles. The van der Waals surface area contributed by atoms with Crippen molar-refractivity contribution in [3.05, 3.63) is 106 Å². The molecular formula is C26H18Cl2F2N2O4. The van der Waals surface area contributed by atoms with E-state index in [4.69, 9.17) is 23.2 Å². The van der Waals surface area contributed by atoms with Crippen molar-refractivity contribution in [1.29, 1.82) is 0 Å². The van der Waals surface area contributed by atoms with Crippen LogP contribution in [-0.2, 0) is 9.47 Å². The maximum absolute atomic E-state index is 13.9. The minimum Gasteiger partial charge on any atom is -0.465 e. The minimum absolute atomic E-state index is 0.0814. The van der Waals surface area contributed by atoms with E-state index >= 15 is 0 Å². The molecule has 184 valence electrons. The van der Waals surface area contributed by atoms with E-state index in [-0.39, 0.29) is 32.8 Å². The van der Waals surface area contributed by atoms with Gasteiger partial charge in [0.1, 0.15) is 33.3 Å². The number of carbonyl (C=O) groups is 2. The molecule has 4 rings (SSSR count). The first kappa shape index (κ1) is 26.7. The quantitative estimate of drug-likeness (QED) is 0.217. The standard InChI is InChI=1S/2C13H9ClFNO2/c2*1-18-13(17)9-7-10(15)11(16-12(9)14)8-5-3-2-4-6-8/h2*2-7H,1H3. The van der Waals surface area contributed by atoms with Gasteiger partial charge in [0, 0.05) is 11.1 Å². The third kappa shape index (κ3) is 6.21. The van der Waals surface area contributed by atoms with Crippen LogP contribution in [0.3, 0.4) is 0 Å². The summed E-state index contributed by atoms with van der Waals surface area (Å²) in [5, 5.41) is -0.163. The Hall–Kier alpha value is -3.88. The van der Waals surface area contributed by atoms with E-state index in [1.165, 1.54) is 14.2 Å². The second kappa shape index (κ2) is 12.2. The van der Waals surface area contributed by atoms with Crippen molar-refractivity contribution in [3.63, 3.8) is 0 Å². The lowest BCUT2D eigenvalue weighted by Crippen LogP contribution is -2.05. The van der Waals surface area contributed by atoms with Crippen molar-refractivity contribution in [2.75, 3.05) is 14.2 Å². The molecule has 0 atom stereocenters. The van der Waals surface area contributed by atoms with Gasteiger partial charge in [-0.3, -0.25) is 0 Å². The Morgan fingerprint density at radius 2 is 1.00 bits per heavy atom. The molecule has 0 aliphatic carbocycles. The van der Waals surface area contributed by atoms with Gasteiger partial charge in [-0.05, 0) is 12.1 Å². The Bertz CT molecular complexity index is 1280. The maximum Gasteiger partial charge on any atom is 0.341 e. The van der Waals surface area contributed by atoms with Crippen LogP contribution in [-0.4, -0.2) is 36.1 Å². The number of hydrogen-bond acceptors (Lipinski definition) is 6. The van der Waals surface area contributed by atoms with Gasteiger partial charge in [-0.15, -0.1) is 0 Å². The number of hydrogen-bond donors (Lipinski definition) is 0. The average molecular weight is 531 g/mol. The van der Waals surface area contributed by atoms with Gasteiger partial charge in [-0.1, -0.05) is 83.9 Å². The molecule has 36 heavy (non-hydrogen) atoms. The highest BCUT2D eigenvalue weighted by atomic mass is 35.5. The van der Waals surface area contributed by atoms with E-state index < -0.39 is 23.6 Å². The van der Waals surface area contributed by atoms with Crippen molar-refractivity contribution in [2.24, 2.45) is 0 Å². The molecule has 0 saturated carbocycles. The van der Waals surface area contributed by atoms with E-state index in [2.05, 4.69) is 19.4 Å². The van der Waals surface area contributed by atoms with E-state index in [9.17, 15) is 18.4 Å². The summed E-state index contributed by atoms with van der Waals surface area (Å²) in [6, 6.07) is 19.6. The molecule has 0 radical (unpaired) electrons. The van der Waals surface area contributed by atoms with Crippen LogP contribution in [0.5, 0.6) is 0 Å². The van der Waals surface area contributed by atoms with Gasteiger partial charge < -0.3 is 9.47 Å². The smallest absolute Gasteiger partial charge is 0.341 e. The fourth-order valence-electron chi connectivity index (χ4n) is 3.04. The zero-order valence-corrected chi connectivity index (χ0v) is 20.5. The van der Waals surface area contributed by atoms with Crippen LogP contribution in [0.2, 0.25) is 10.3 Å². The molecule has 2 heterocycles. The van der Waals surface area contributed by atoms with Crippen molar-refractivity contribution in [2.45, 2.75) is 0 Å². The summed E-state index contributed by atoms with van der Waals surface area (Å²) in [5.41, 5.74) is 1.22. The molecule has 10 heteroatoms. The van der Waals surface area contributed by atoms with Crippen LogP contribution in [0.1, 0.15) is 20.7 Å². The second-order valence-corrected chi connectivity index (χ2v) is 7.75.